The summed E-state index contributed by atoms with van der Waals surface area (Å²) in [6, 6.07) is 0.352. The Bertz CT molecular complexity index is 214. The summed E-state index contributed by atoms with van der Waals surface area (Å²) >= 11 is 0. The molecule has 0 radical (unpaired) electrons. The van der Waals surface area contributed by atoms with E-state index in [0.29, 0.717) is 17.9 Å². The first-order valence-electron chi connectivity index (χ1n) is 5.96. The molecule has 1 fully saturated rings. The van der Waals surface area contributed by atoms with Crippen LogP contribution in [0.3, 0.4) is 0 Å². The Balaban J connectivity index is 2.44. The molecule has 1 aliphatic heterocycles. The van der Waals surface area contributed by atoms with E-state index in [1.165, 1.54) is 6.54 Å². The minimum Gasteiger partial charge on any atom is -0.352 e. The van der Waals surface area contributed by atoms with Crippen LogP contribution in [-0.2, 0) is 4.79 Å². The third kappa shape index (κ3) is 4.65. The van der Waals surface area contributed by atoms with Gasteiger partial charge in [-0.3, -0.25) is 4.79 Å². The summed E-state index contributed by atoms with van der Waals surface area (Å²) in [5.74, 6) is 1.49. The van der Waals surface area contributed by atoms with Crippen LogP contribution in [0.25, 0.3) is 0 Å². The van der Waals surface area contributed by atoms with Gasteiger partial charge in [0.05, 0.1) is 0 Å². The number of nitrogens with one attached hydrogen (secondary N) is 1. The fourth-order valence-corrected chi connectivity index (χ4v) is 2.52. The highest BCUT2D eigenvalue weighted by Gasteiger charge is 2.25. The molecule has 1 heterocycles. The van der Waals surface area contributed by atoms with Crippen molar-refractivity contribution in [2.75, 3.05) is 19.6 Å². The molecule has 0 spiro atoms. The highest BCUT2D eigenvalue weighted by molar-refractivity contribution is 5.73. The lowest BCUT2D eigenvalue weighted by atomic mass is 9.95. The average molecular weight is 212 g/mol. The molecule has 1 N–H and O–H groups in total. The van der Waals surface area contributed by atoms with Crippen LogP contribution in [0.4, 0.5) is 0 Å². The second kappa shape index (κ2) is 5.50. The van der Waals surface area contributed by atoms with Crippen LogP contribution in [0.5, 0.6) is 0 Å². The number of piperidine rings is 1. The molecule has 0 aromatic heterocycles. The summed E-state index contributed by atoms with van der Waals surface area (Å²) in [6.45, 7) is 11.7. The zero-order chi connectivity index (χ0) is 11.4. The number of nitrogens with zero attached hydrogens (tertiary/aromatic N) is 1. The van der Waals surface area contributed by atoms with E-state index >= 15 is 0 Å². The third-order valence-electron chi connectivity index (χ3n) is 2.77. The van der Waals surface area contributed by atoms with Crippen LogP contribution in [-0.4, -0.2) is 36.5 Å². The van der Waals surface area contributed by atoms with Crippen molar-refractivity contribution in [3.63, 3.8) is 0 Å². The van der Waals surface area contributed by atoms with Crippen LogP contribution in [0.15, 0.2) is 0 Å². The SMILES string of the molecule is CC(=O)NC1CC(C)CN(CC(C)C)C1. The molecular weight excluding hydrogens is 188 g/mol. The molecule has 1 saturated heterocycles. The van der Waals surface area contributed by atoms with E-state index in [2.05, 4.69) is 31.0 Å². The van der Waals surface area contributed by atoms with Crippen molar-refractivity contribution in [2.45, 2.75) is 40.2 Å². The Labute approximate surface area is 93.2 Å². The van der Waals surface area contributed by atoms with Gasteiger partial charge in [0, 0.05) is 32.6 Å². The Morgan fingerprint density at radius 3 is 2.67 bits per heavy atom. The molecule has 2 atom stereocenters. The normalized spacial score (nSPS) is 28.1. The molecule has 0 bridgehead atoms. The molecule has 1 aliphatic rings. The van der Waals surface area contributed by atoms with E-state index in [9.17, 15) is 4.79 Å². The molecule has 15 heavy (non-hydrogen) atoms. The maximum atomic E-state index is 11.0. The molecule has 2 unspecified atom stereocenters. The first kappa shape index (κ1) is 12.5. The van der Waals surface area contributed by atoms with Gasteiger partial charge in [0.25, 0.3) is 0 Å². The molecule has 0 saturated carbocycles. The molecule has 1 rings (SSSR count). The van der Waals surface area contributed by atoms with E-state index in [0.717, 1.165) is 19.5 Å². The summed E-state index contributed by atoms with van der Waals surface area (Å²) in [4.78, 5) is 13.5. The second-order valence-electron chi connectivity index (χ2n) is 5.35. The van der Waals surface area contributed by atoms with Crippen LogP contribution >= 0.6 is 0 Å². The van der Waals surface area contributed by atoms with Gasteiger partial charge in [-0.2, -0.15) is 0 Å². The largest absolute Gasteiger partial charge is 0.352 e. The summed E-state index contributed by atoms with van der Waals surface area (Å²) < 4.78 is 0. The van der Waals surface area contributed by atoms with Gasteiger partial charge in [-0.25, -0.2) is 0 Å². The number of hydrogen-bond donors (Lipinski definition) is 1. The standard InChI is InChI=1S/C12H24N2O/c1-9(2)6-14-7-10(3)5-12(8-14)13-11(4)15/h9-10,12H,5-8H2,1-4H3,(H,13,15). The number of amides is 1. The molecule has 88 valence electrons. The first-order valence-corrected chi connectivity index (χ1v) is 5.96. The van der Waals surface area contributed by atoms with Gasteiger partial charge in [0.2, 0.25) is 5.91 Å². The number of carbonyl (C=O) groups is 1. The molecule has 0 aromatic rings. The van der Waals surface area contributed by atoms with Gasteiger partial charge >= 0.3 is 0 Å². The number of rotatable bonds is 3. The molecule has 0 aromatic carbocycles. The van der Waals surface area contributed by atoms with E-state index in [-0.39, 0.29) is 5.91 Å². The minimum atomic E-state index is 0.0959. The number of hydrogen-bond acceptors (Lipinski definition) is 2. The van der Waals surface area contributed by atoms with Crippen molar-refractivity contribution in [2.24, 2.45) is 11.8 Å². The fraction of sp³-hybridized carbons (Fsp3) is 0.917. The predicted octanol–water partition coefficient (Wildman–Crippen LogP) is 1.49. The van der Waals surface area contributed by atoms with Crippen LogP contribution < -0.4 is 5.32 Å². The van der Waals surface area contributed by atoms with Crippen molar-refractivity contribution < 1.29 is 4.79 Å². The summed E-state index contributed by atoms with van der Waals surface area (Å²) in [6.07, 6.45) is 1.12. The maximum absolute atomic E-state index is 11.0. The van der Waals surface area contributed by atoms with Crippen LogP contribution in [0.2, 0.25) is 0 Å². The topological polar surface area (TPSA) is 32.3 Å². The maximum Gasteiger partial charge on any atom is 0.217 e. The van der Waals surface area contributed by atoms with Crippen molar-refractivity contribution in [3.8, 4) is 0 Å². The summed E-state index contributed by atoms with van der Waals surface area (Å²) in [5, 5.41) is 3.03. The van der Waals surface area contributed by atoms with Crippen molar-refractivity contribution in [1.82, 2.24) is 10.2 Å². The number of carbonyl (C=O) groups excluding carboxylic acids is 1. The lowest BCUT2D eigenvalue weighted by molar-refractivity contribution is -0.120. The Morgan fingerprint density at radius 2 is 2.13 bits per heavy atom. The molecule has 0 aliphatic carbocycles. The van der Waals surface area contributed by atoms with Gasteiger partial charge < -0.3 is 10.2 Å². The predicted molar refractivity (Wildman–Crippen MR) is 62.7 cm³/mol. The fourth-order valence-electron chi connectivity index (χ4n) is 2.52. The highest BCUT2D eigenvalue weighted by Crippen LogP contribution is 2.17. The van der Waals surface area contributed by atoms with Gasteiger partial charge in [-0.05, 0) is 18.3 Å². The van der Waals surface area contributed by atoms with E-state index in [1.54, 1.807) is 6.92 Å². The Kier molecular flexibility index (Phi) is 4.58. The zero-order valence-corrected chi connectivity index (χ0v) is 10.4. The third-order valence-corrected chi connectivity index (χ3v) is 2.77. The highest BCUT2D eigenvalue weighted by atomic mass is 16.1. The van der Waals surface area contributed by atoms with E-state index in [4.69, 9.17) is 0 Å². The van der Waals surface area contributed by atoms with Crippen molar-refractivity contribution >= 4 is 5.91 Å². The van der Waals surface area contributed by atoms with Gasteiger partial charge in [0.15, 0.2) is 0 Å². The summed E-state index contributed by atoms with van der Waals surface area (Å²) in [7, 11) is 0. The second-order valence-corrected chi connectivity index (χ2v) is 5.35. The van der Waals surface area contributed by atoms with Crippen molar-refractivity contribution in [3.05, 3.63) is 0 Å². The van der Waals surface area contributed by atoms with E-state index < -0.39 is 0 Å². The lowest BCUT2D eigenvalue weighted by Gasteiger charge is -2.37. The van der Waals surface area contributed by atoms with Gasteiger partial charge in [0.1, 0.15) is 0 Å². The Morgan fingerprint density at radius 1 is 1.47 bits per heavy atom. The average Bonchev–Trinajstić information content (AvgIpc) is 1.98. The van der Waals surface area contributed by atoms with Crippen molar-refractivity contribution in [1.29, 1.82) is 0 Å². The number of likely N-dealkylation sites (tertiary alicyclic amines) is 1. The lowest BCUT2D eigenvalue weighted by Crippen LogP contribution is -2.50. The van der Waals surface area contributed by atoms with Gasteiger partial charge in [-0.1, -0.05) is 20.8 Å². The molecule has 3 nitrogen and oxygen atoms in total. The van der Waals surface area contributed by atoms with Crippen LogP contribution in [0, 0.1) is 11.8 Å². The van der Waals surface area contributed by atoms with E-state index in [1.807, 2.05) is 0 Å². The molecule has 1 amide bonds. The minimum absolute atomic E-state index is 0.0959. The van der Waals surface area contributed by atoms with Gasteiger partial charge in [-0.15, -0.1) is 0 Å². The Hall–Kier alpha value is -0.570. The first-order chi connectivity index (χ1) is 6.97. The molecule has 3 heteroatoms. The quantitative estimate of drug-likeness (QED) is 0.768. The van der Waals surface area contributed by atoms with Crippen LogP contribution in [0.1, 0.15) is 34.1 Å². The monoisotopic (exact) mass is 212 g/mol. The molecular formula is C12H24N2O. The summed E-state index contributed by atoms with van der Waals surface area (Å²) in [5.41, 5.74) is 0. The zero-order valence-electron chi connectivity index (χ0n) is 10.4. The smallest absolute Gasteiger partial charge is 0.217 e.